The number of nitrogens with zero attached hydrogens (tertiary/aromatic N) is 2. The molecule has 0 aliphatic heterocycles. The van der Waals surface area contributed by atoms with Crippen LogP contribution in [0.3, 0.4) is 0 Å². The molecule has 0 amide bonds. The van der Waals surface area contributed by atoms with E-state index in [0.717, 1.165) is 25.3 Å². The molecule has 1 unspecified atom stereocenters. The van der Waals surface area contributed by atoms with Gasteiger partial charge < -0.3 is 9.47 Å². The van der Waals surface area contributed by atoms with Crippen LogP contribution in [0.1, 0.15) is 62.6 Å². The number of rotatable bonds is 10. The summed E-state index contributed by atoms with van der Waals surface area (Å²) in [6, 6.07) is 6.41. The Morgan fingerprint density at radius 3 is 2.81 bits per heavy atom. The predicted octanol–water partition coefficient (Wildman–Crippen LogP) is 4.43. The molecule has 1 aromatic heterocycles. The fourth-order valence-electron chi connectivity index (χ4n) is 3.73. The number of aromatic nitrogens is 2. The Morgan fingerprint density at radius 2 is 2.12 bits per heavy atom. The van der Waals surface area contributed by atoms with Gasteiger partial charge in [0.15, 0.2) is 0 Å². The SMILES string of the molecule is COCc1cccc2c(C(C)CC3CC3)nn(CCCCC(=O)OC)c12. The lowest BCUT2D eigenvalue weighted by atomic mass is 9.97. The van der Waals surface area contributed by atoms with Crippen molar-refractivity contribution in [2.24, 2.45) is 5.92 Å². The normalized spacial score (nSPS) is 15.3. The number of methoxy groups -OCH3 is 2. The number of benzene rings is 1. The largest absolute Gasteiger partial charge is 0.469 e. The average molecular weight is 358 g/mol. The van der Waals surface area contributed by atoms with Gasteiger partial charge in [0.25, 0.3) is 0 Å². The molecule has 0 N–H and O–H groups in total. The molecule has 1 fully saturated rings. The van der Waals surface area contributed by atoms with E-state index in [2.05, 4.69) is 29.8 Å². The van der Waals surface area contributed by atoms with Gasteiger partial charge in [-0.3, -0.25) is 9.48 Å². The highest BCUT2D eigenvalue weighted by molar-refractivity contribution is 5.85. The van der Waals surface area contributed by atoms with E-state index in [9.17, 15) is 4.79 Å². The molecule has 2 aromatic rings. The Labute approximate surface area is 155 Å². The van der Waals surface area contributed by atoms with Gasteiger partial charge in [-0.25, -0.2) is 0 Å². The number of unbranched alkanes of at least 4 members (excludes halogenated alkanes) is 1. The molecule has 0 bridgehead atoms. The summed E-state index contributed by atoms with van der Waals surface area (Å²) in [5, 5.41) is 6.25. The number of carbonyl (C=O) groups excluding carboxylic acids is 1. The maximum absolute atomic E-state index is 11.3. The standard InChI is InChI=1S/C21H30N2O3/c1-15(13-16-10-11-16)20-18-8-6-7-17(14-25-2)21(18)23(22-20)12-5-4-9-19(24)26-3/h6-8,15-16H,4-5,9-14H2,1-3H3. The highest BCUT2D eigenvalue weighted by Crippen LogP contribution is 2.40. The molecule has 26 heavy (non-hydrogen) atoms. The third kappa shape index (κ3) is 4.44. The van der Waals surface area contributed by atoms with Crippen molar-refractivity contribution in [1.82, 2.24) is 9.78 Å². The molecule has 1 aromatic carbocycles. The van der Waals surface area contributed by atoms with Gasteiger partial charge in [-0.15, -0.1) is 0 Å². The van der Waals surface area contributed by atoms with Gasteiger partial charge in [0.05, 0.1) is 24.9 Å². The van der Waals surface area contributed by atoms with E-state index in [1.54, 1.807) is 7.11 Å². The first kappa shape index (κ1) is 18.9. The lowest BCUT2D eigenvalue weighted by Gasteiger charge is -2.08. The lowest BCUT2D eigenvalue weighted by Crippen LogP contribution is -2.06. The molecule has 142 valence electrons. The number of esters is 1. The smallest absolute Gasteiger partial charge is 0.305 e. The van der Waals surface area contributed by atoms with E-state index in [1.165, 1.54) is 48.5 Å². The van der Waals surface area contributed by atoms with Crippen molar-refractivity contribution in [3.63, 3.8) is 0 Å². The maximum atomic E-state index is 11.3. The average Bonchev–Trinajstić information content (AvgIpc) is 3.37. The topological polar surface area (TPSA) is 53.4 Å². The summed E-state index contributed by atoms with van der Waals surface area (Å²) >= 11 is 0. The van der Waals surface area contributed by atoms with E-state index in [4.69, 9.17) is 14.6 Å². The second kappa shape index (κ2) is 8.67. The monoisotopic (exact) mass is 358 g/mol. The van der Waals surface area contributed by atoms with Crippen molar-refractivity contribution in [2.45, 2.75) is 64.5 Å². The summed E-state index contributed by atoms with van der Waals surface area (Å²) in [7, 11) is 3.17. The number of carbonyl (C=O) groups is 1. The molecule has 1 saturated carbocycles. The third-order valence-corrected chi connectivity index (χ3v) is 5.26. The first-order chi connectivity index (χ1) is 12.6. The zero-order valence-corrected chi connectivity index (χ0v) is 16.2. The molecule has 1 atom stereocenters. The number of fused-ring (bicyclic) bond motifs is 1. The molecule has 1 aliphatic carbocycles. The summed E-state index contributed by atoms with van der Waals surface area (Å²) in [6.45, 7) is 3.69. The Morgan fingerprint density at radius 1 is 1.31 bits per heavy atom. The van der Waals surface area contributed by atoms with E-state index in [-0.39, 0.29) is 5.97 Å². The van der Waals surface area contributed by atoms with Crippen molar-refractivity contribution in [1.29, 1.82) is 0 Å². The van der Waals surface area contributed by atoms with Gasteiger partial charge in [0, 0.05) is 36.9 Å². The number of para-hydroxylation sites is 1. The molecule has 0 radical (unpaired) electrons. The zero-order chi connectivity index (χ0) is 18.5. The Bertz CT molecular complexity index is 749. The molecule has 0 saturated heterocycles. The number of ether oxygens (including phenoxy) is 2. The van der Waals surface area contributed by atoms with Gasteiger partial charge in [-0.2, -0.15) is 5.10 Å². The van der Waals surface area contributed by atoms with Crippen LogP contribution >= 0.6 is 0 Å². The fourth-order valence-corrected chi connectivity index (χ4v) is 3.73. The van der Waals surface area contributed by atoms with Crippen LogP contribution in [0.2, 0.25) is 0 Å². The summed E-state index contributed by atoms with van der Waals surface area (Å²) in [5.74, 6) is 1.21. The minimum atomic E-state index is -0.144. The van der Waals surface area contributed by atoms with Crippen molar-refractivity contribution in [3.05, 3.63) is 29.5 Å². The van der Waals surface area contributed by atoms with Crippen LogP contribution in [0.15, 0.2) is 18.2 Å². The Balaban J connectivity index is 1.83. The first-order valence-electron chi connectivity index (χ1n) is 9.68. The molecular formula is C21H30N2O3. The zero-order valence-electron chi connectivity index (χ0n) is 16.2. The molecule has 3 rings (SSSR count). The second-order valence-corrected chi connectivity index (χ2v) is 7.47. The number of hydrogen-bond donors (Lipinski definition) is 0. The molecule has 1 heterocycles. The molecule has 0 spiro atoms. The summed E-state index contributed by atoms with van der Waals surface area (Å²) in [4.78, 5) is 11.3. The first-order valence-corrected chi connectivity index (χ1v) is 9.68. The lowest BCUT2D eigenvalue weighted by molar-refractivity contribution is -0.140. The minimum Gasteiger partial charge on any atom is -0.469 e. The number of aryl methyl sites for hydroxylation is 1. The van der Waals surface area contributed by atoms with Gasteiger partial charge in [-0.05, 0) is 25.2 Å². The van der Waals surface area contributed by atoms with E-state index < -0.39 is 0 Å². The molecule has 5 heteroatoms. The summed E-state index contributed by atoms with van der Waals surface area (Å²) < 4.78 is 12.3. The van der Waals surface area contributed by atoms with Crippen molar-refractivity contribution >= 4 is 16.9 Å². The number of hydrogen-bond acceptors (Lipinski definition) is 4. The van der Waals surface area contributed by atoms with Gasteiger partial charge in [-0.1, -0.05) is 38.0 Å². The van der Waals surface area contributed by atoms with Crippen LogP contribution in [-0.4, -0.2) is 30.0 Å². The van der Waals surface area contributed by atoms with Crippen LogP contribution in [-0.2, 0) is 27.4 Å². The molecular weight excluding hydrogens is 328 g/mol. The van der Waals surface area contributed by atoms with Gasteiger partial charge in [0.1, 0.15) is 0 Å². The predicted molar refractivity (Wildman–Crippen MR) is 102 cm³/mol. The summed E-state index contributed by atoms with van der Waals surface area (Å²) in [6.07, 6.45) is 6.14. The van der Waals surface area contributed by atoms with Crippen molar-refractivity contribution in [2.75, 3.05) is 14.2 Å². The van der Waals surface area contributed by atoms with E-state index in [0.29, 0.717) is 18.9 Å². The highest BCUT2D eigenvalue weighted by Gasteiger charge is 2.27. The Kier molecular flexibility index (Phi) is 6.30. The maximum Gasteiger partial charge on any atom is 0.305 e. The highest BCUT2D eigenvalue weighted by atomic mass is 16.5. The van der Waals surface area contributed by atoms with Crippen LogP contribution < -0.4 is 0 Å². The van der Waals surface area contributed by atoms with Gasteiger partial charge in [0.2, 0.25) is 0 Å². The fraction of sp³-hybridized carbons (Fsp3) is 0.619. The second-order valence-electron chi connectivity index (χ2n) is 7.47. The van der Waals surface area contributed by atoms with Crippen LogP contribution in [0.5, 0.6) is 0 Å². The van der Waals surface area contributed by atoms with Crippen molar-refractivity contribution < 1.29 is 14.3 Å². The van der Waals surface area contributed by atoms with Crippen molar-refractivity contribution in [3.8, 4) is 0 Å². The Hall–Kier alpha value is -1.88. The van der Waals surface area contributed by atoms with Crippen LogP contribution in [0, 0.1) is 5.92 Å². The van der Waals surface area contributed by atoms with E-state index >= 15 is 0 Å². The van der Waals surface area contributed by atoms with Gasteiger partial charge >= 0.3 is 5.97 Å². The quantitative estimate of drug-likeness (QED) is 0.466. The molecule has 1 aliphatic rings. The van der Waals surface area contributed by atoms with E-state index in [1.807, 2.05) is 0 Å². The minimum absolute atomic E-state index is 0.144. The summed E-state index contributed by atoms with van der Waals surface area (Å²) in [5.41, 5.74) is 3.57. The third-order valence-electron chi connectivity index (χ3n) is 5.26. The van der Waals surface area contributed by atoms with Crippen LogP contribution in [0.4, 0.5) is 0 Å². The molecule has 5 nitrogen and oxygen atoms in total. The van der Waals surface area contributed by atoms with Crippen LogP contribution in [0.25, 0.3) is 10.9 Å².